The number of rotatable bonds is 3. The normalized spacial score (nSPS) is 13.2. The minimum absolute atomic E-state index is 0.597. The Morgan fingerprint density at radius 1 is 1.47 bits per heavy atom. The van der Waals surface area contributed by atoms with Crippen molar-refractivity contribution in [2.45, 2.75) is 26.7 Å². The van der Waals surface area contributed by atoms with Crippen LogP contribution in [0.2, 0.25) is 0 Å². The molecule has 1 atom stereocenters. The largest absolute Gasteiger partial charge is 0.441 e. The van der Waals surface area contributed by atoms with Crippen molar-refractivity contribution in [3.63, 3.8) is 0 Å². The number of benzene rings is 1. The van der Waals surface area contributed by atoms with Gasteiger partial charge < -0.3 is 10.2 Å². The van der Waals surface area contributed by atoms with E-state index in [9.17, 15) is 0 Å². The number of aromatic nitrogens is 1. The fourth-order valence-electron chi connectivity index (χ4n) is 1.55. The highest BCUT2D eigenvalue weighted by Gasteiger charge is 2.10. The van der Waals surface area contributed by atoms with Crippen molar-refractivity contribution in [2.75, 3.05) is 5.73 Å². The first-order valence-corrected chi connectivity index (χ1v) is 5.34. The van der Waals surface area contributed by atoms with Gasteiger partial charge in [-0.1, -0.05) is 26.3 Å². The van der Waals surface area contributed by atoms with Crippen LogP contribution in [0.1, 0.15) is 26.2 Å². The second kappa shape index (κ2) is 3.93. The second-order valence-electron chi connectivity index (χ2n) is 4.02. The summed E-state index contributed by atoms with van der Waals surface area (Å²) >= 11 is 0. The lowest BCUT2D eigenvalue weighted by molar-refractivity contribution is 0.455. The first-order valence-electron chi connectivity index (χ1n) is 5.34. The Hall–Kier alpha value is -1.51. The molecule has 0 saturated carbocycles. The Balaban J connectivity index is 2.35. The highest BCUT2D eigenvalue weighted by atomic mass is 16.3. The van der Waals surface area contributed by atoms with Crippen LogP contribution in [0.5, 0.6) is 0 Å². The van der Waals surface area contributed by atoms with Crippen LogP contribution in [0.3, 0.4) is 0 Å². The summed E-state index contributed by atoms with van der Waals surface area (Å²) in [4.78, 5) is 4.41. The molecule has 2 N–H and O–H groups in total. The molecule has 1 aromatic carbocycles. The Morgan fingerprint density at radius 3 is 2.93 bits per heavy atom. The highest BCUT2D eigenvalue weighted by molar-refractivity contribution is 5.85. The molecule has 2 rings (SSSR count). The molecule has 15 heavy (non-hydrogen) atoms. The molecule has 0 spiro atoms. The molecule has 3 heteroatoms. The van der Waals surface area contributed by atoms with E-state index in [1.807, 2.05) is 18.2 Å². The van der Waals surface area contributed by atoms with Gasteiger partial charge in [0.1, 0.15) is 5.52 Å². The maximum absolute atomic E-state index is 5.81. The third-order valence-electron chi connectivity index (χ3n) is 2.71. The molecular formula is C12H16N2O. The third-order valence-corrected chi connectivity index (χ3v) is 2.71. The summed E-state index contributed by atoms with van der Waals surface area (Å²) < 4.78 is 5.63. The lowest BCUT2D eigenvalue weighted by Crippen LogP contribution is -1.97. The van der Waals surface area contributed by atoms with Crippen molar-refractivity contribution >= 4 is 16.8 Å². The Morgan fingerprint density at radius 2 is 2.27 bits per heavy atom. The molecule has 0 radical (unpaired) electrons. The summed E-state index contributed by atoms with van der Waals surface area (Å²) in [5, 5.41) is 0. The number of anilines is 1. The number of nitrogen functional groups attached to an aromatic ring is 1. The zero-order valence-corrected chi connectivity index (χ0v) is 9.16. The highest BCUT2D eigenvalue weighted by Crippen LogP contribution is 2.22. The van der Waals surface area contributed by atoms with Crippen molar-refractivity contribution in [3.05, 3.63) is 24.1 Å². The summed E-state index contributed by atoms with van der Waals surface area (Å²) in [5.74, 6) is 1.39. The fraction of sp³-hybridized carbons (Fsp3) is 0.417. The van der Waals surface area contributed by atoms with Crippen LogP contribution < -0.4 is 5.73 Å². The number of oxazole rings is 1. The van der Waals surface area contributed by atoms with E-state index in [0.29, 0.717) is 11.6 Å². The molecule has 2 aromatic rings. The number of hydrogen-bond acceptors (Lipinski definition) is 3. The SMILES string of the molecule is CCC(C)Cc1nc2c(N)cccc2o1. The standard InChI is InChI=1S/C12H16N2O/c1-3-8(2)7-11-14-12-9(13)5-4-6-10(12)15-11/h4-6,8H,3,7,13H2,1-2H3. The predicted octanol–water partition coefficient (Wildman–Crippen LogP) is 3.00. The summed E-state index contributed by atoms with van der Waals surface area (Å²) in [5.41, 5.74) is 8.07. The van der Waals surface area contributed by atoms with Gasteiger partial charge in [0, 0.05) is 6.42 Å². The quantitative estimate of drug-likeness (QED) is 0.782. The van der Waals surface area contributed by atoms with Crippen molar-refractivity contribution in [3.8, 4) is 0 Å². The topological polar surface area (TPSA) is 52.0 Å². The summed E-state index contributed by atoms with van der Waals surface area (Å²) in [7, 11) is 0. The van der Waals surface area contributed by atoms with E-state index >= 15 is 0 Å². The van der Waals surface area contributed by atoms with Crippen LogP contribution in [0.4, 0.5) is 5.69 Å². The minimum Gasteiger partial charge on any atom is -0.441 e. The molecule has 0 amide bonds. The van der Waals surface area contributed by atoms with Gasteiger partial charge in [-0.25, -0.2) is 4.98 Å². The summed E-state index contributed by atoms with van der Waals surface area (Å²) in [6.45, 7) is 4.36. The Labute approximate surface area is 89.3 Å². The van der Waals surface area contributed by atoms with Gasteiger partial charge in [0.2, 0.25) is 0 Å². The number of nitrogens with two attached hydrogens (primary N) is 1. The van der Waals surface area contributed by atoms with E-state index in [2.05, 4.69) is 18.8 Å². The Kier molecular flexibility index (Phi) is 2.62. The summed E-state index contributed by atoms with van der Waals surface area (Å²) in [6.07, 6.45) is 2.01. The van der Waals surface area contributed by atoms with Crippen LogP contribution in [0.15, 0.2) is 22.6 Å². The smallest absolute Gasteiger partial charge is 0.195 e. The van der Waals surface area contributed by atoms with Gasteiger partial charge in [0.15, 0.2) is 11.5 Å². The van der Waals surface area contributed by atoms with Crippen LogP contribution >= 0.6 is 0 Å². The van der Waals surface area contributed by atoms with Crippen molar-refractivity contribution in [2.24, 2.45) is 5.92 Å². The third kappa shape index (κ3) is 1.96. The minimum atomic E-state index is 0.597. The second-order valence-corrected chi connectivity index (χ2v) is 4.02. The molecule has 0 bridgehead atoms. The van der Waals surface area contributed by atoms with E-state index in [0.717, 1.165) is 29.8 Å². The van der Waals surface area contributed by atoms with E-state index in [1.54, 1.807) is 0 Å². The zero-order chi connectivity index (χ0) is 10.8. The van der Waals surface area contributed by atoms with Gasteiger partial charge in [-0.15, -0.1) is 0 Å². The van der Waals surface area contributed by atoms with E-state index in [4.69, 9.17) is 10.2 Å². The van der Waals surface area contributed by atoms with E-state index in [1.165, 1.54) is 0 Å². The van der Waals surface area contributed by atoms with Gasteiger partial charge in [0.05, 0.1) is 5.69 Å². The predicted molar refractivity (Wildman–Crippen MR) is 61.6 cm³/mol. The van der Waals surface area contributed by atoms with Crippen LogP contribution in [-0.2, 0) is 6.42 Å². The number of nitrogens with zero attached hydrogens (tertiary/aromatic N) is 1. The molecule has 1 aromatic heterocycles. The van der Waals surface area contributed by atoms with Crippen LogP contribution in [0.25, 0.3) is 11.1 Å². The van der Waals surface area contributed by atoms with Gasteiger partial charge >= 0.3 is 0 Å². The molecule has 3 nitrogen and oxygen atoms in total. The molecule has 1 heterocycles. The number of hydrogen-bond donors (Lipinski definition) is 1. The maximum atomic E-state index is 5.81. The summed E-state index contributed by atoms with van der Waals surface area (Å²) in [6, 6.07) is 5.63. The molecule has 0 aliphatic carbocycles. The van der Waals surface area contributed by atoms with Crippen molar-refractivity contribution in [1.29, 1.82) is 0 Å². The van der Waals surface area contributed by atoms with Crippen LogP contribution in [0, 0.1) is 5.92 Å². The average Bonchev–Trinajstić information content (AvgIpc) is 2.62. The molecule has 0 fully saturated rings. The fourth-order valence-corrected chi connectivity index (χ4v) is 1.55. The van der Waals surface area contributed by atoms with Gasteiger partial charge in [-0.3, -0.25) is 0 Å². The van der Waals surface area contributed by atoms with Crippen LogP contribution in [-0.4, -0.2) is 4.98 Å². The number of fused-ring (bicyclic) bond motifs is 1. The molecule has 0 saturated heterocycles. The van der Waals surface area contributed by atoms with E-state index in [-0.39, 0.29) is 0 Å². The Bertz CT molecular complexity index is 462. The number of para-hydroxylation sites is 1. The lowest BCUT2D eigenvalue weighted by atomic mass is 10.1. The molecule has 0 aliphatic heterocycles. The first-order chi connectivity index (χ1) is 7.20. The molecule has 80 valence electrons. The van der Waals surface area contributed by atoms with Gasteiger partial charge in [-0.2, -0.15) is 0 Å². The van der Waals surface area contributed by atoms with Crippen molar-refractivity contribution < 1.29 is 4.42 Å². The van der Waals surface area contributed by atoms with Gasteiger partial charge in [0.25, 0.3) is 0 Å². The molecule has 1 unspecified atom stereocenters. The lowest BCUT2D eigenvalue weighted by Gasteiger charge is -2.02. The monoisotopic (exact) mass is 204 g/mol. The first kappa shape index (κ1) is 10.0. The molecule has 0 aliphatic rings. The molecular weight excluding hydrogens is 188 g/mol. The van der Waals surface area contributed by atoms with Crippen molar-refractivity contribution in [1.82, 2.24) is 4.98 Å². The average molecular weight is 204 g/mol. The van der Waals surface area contributed by atoms with Gasteiger partial charge in [-0.05, 0) is 18.1 Å². The van der Waals surface area contributed by atoms with E-state index < -0.39 is 0 Å². The maximum Gasteiger partial charge on any atom is 0.195 e. The zero-order valence-electron chi connectivity index (χ0n) is 9.16.